The van der Waals surface area contributed by atoms with Gasteiger partial charge >= 0.3 is 0 Å². The van der Waals surface area contributed by atoms with Gasteiger partial charge in [-0.25, -0.2) is 4.68 Å². The number of hydrogen-bond donors (Lipinski definition) is 1. The largest absolute Gasteiger partial charge is 1.00 e. The molecule has 114 valence electrons. The highest BCUT2D eigenvalue weighted by Crippen LogP contribution is 2.12. The van der Waals surface area contributed by atoms with Crippen molar-refractivity contribution >= 4 is 17.4 Å². The Morgan fingerprint density at radius 1 is 1.38 bits per heavy atom. The summed E-state index contributed by atoms with van der Waals surface area (Å²) in [6, 6.07) is 6.53. The summed E-state index contributed by atoms with van der Waals surface area (Å²) in [6.07, 6.45) is 0. The first-order chi connectivity index (χ1) is 9.66. The van der Waals surface area contributed by atoms with Crippen LogP contribution in [0.1, 0.15) is 5.56 Å². The molecule has 0 fully saturated rings. The number of thioether (sulfide) groups is 1. The van der Waals surface area contributed by atoms with E-state index in [1.54, 1.807) is 35.6 Å². The molecule has 0 unspecified atom stereocenters. The lowest BCUT2D eigenvalue weighted by Crippen LogP contribution is -3.00. The maximum Gasteiger partial charge on any atom is 0.269 e. The summed E-state index contributed by atoms with van der Waals surface area (Å²) in [5.74, 6) is 0.848. The second kappa shape index (κ2) is 8.55. The van der Waals surface area contributed by atoms with Crippen LogP contribution in [0.25, 0.3) is 0 Å². The Hall–Kier alpha value is -1.71. The van der Waals surface area contributed by atoms with E-state index in [1.807, 2.05) is 0 Å². The van der Waals surface area contributed by atoms with Gasteiger partial charge in [-0.3, -0.25) is 10.1 Å². The average Bonchev–Trinajstić information content (AvgIpc) is 2.84. The number of benzene rings is 1. The molecule has 8 nitrogen and oxygen atoms in total. The monoisotopic (exact) mass is 329 g/mol. The van der Waals surface area contributed by atoms with E-state index < -0.39 is 4.92 Å². The molecule has 1 heterocycles. The molecule has 0 spiro atoms. The van der Waals surface area contributed by atoms with Gasteiger partial charge in [0.1, 0.15) is 0 Å². The van der Waals surface area contributed by atoms with Gasteiger partial charge in [-0.15, -0.1) is 5.10 Å². The number of aryl methyl sites for hydroxylation is 1. The number of nitro groups is 1. The number of halogens is 1. The fourth-order valence-corrected chi connectivity index (χ4v) is 2.27. The zero-order chi connectivity index (χ0) is 14.4. The quantitative estimate of drug-likeness (QED) is 0.271. The van der Waals surface area contributed by atoms with Crippen LogP contribution in [-0.4, -0.2) is 37.4 Å². The SMILES string of the molecule is Cn1nnnc1SCCNCc1ccc([N+](=O)[O-])cc1.[Cl-]. The van der Waals surface area contributed by atoms with Crippen LogP contribution in [0.2, 0.25) is 0 Å². The van der Waals surface area contributed by atoms with Gasteiger partial charge in [-0.05, 0) is 16.0 Å². The molecule has 1 aromatic carbocycles. The van der Waals surface area contributed by atoms with E-state index in [1.165, 1.54) is 12.1 Å². The minimum absolute atomic E-state index is 0. The van der Waals surface area contributed by atoms with Crippen LogP contribution in [0.15, 0.2) is 29.4 Å². The smallest absolute Gasteiger partial charge is 0.269 e. The van der Waals surface area contributed by atoms with Gasteiger partial charge in [0, 0.05) is 38.0 Å². The Balaban J connectivity index is 0.00000220. The first kappa shape index (κ1) is 17.3. The van der Waals surface area contributed by atoms with Crippen LogP contribution >= 0.6 is 11.8 Å². The Bertz CT molecular complexity index is 576. The Labute approximate surface area is 131 Å². The van der Waals surface area contributed by atoms with E-state index in [4.69, 9.17) is 0 Å². The Morgan fingerprint density at radius 3 is 2.67 bits per heavy atom. The third kappa shape index (κ3) is 5.29. The molecule has 0 amide bonds. The van der Waals surface area contributed by atoms with Crippen LogP contribution < -0.4 is 17.7 Å². The van der Waals surface area contributed by atoms with Gasteiger partial charge in [-0.1, -0.05) is 23.9 Å². The van der Waals surface area contributed by atoms with Crippen molar-refractivity contribution in [1.82, 2.24) is 25.5 Å². The highest BCUT2D eigenvalue weighted by Gasteiger charge is 2.04. The molecule has 0 saturated carbocycles. The number of nitrogens with zero attached hydrogens (tertiary/aromatic N) is 5. The fourth-order valence-electron chi connectivity index (χ4n) is 1.53. The number of nitro benzene ring substituents is 1. The van der Waals surface area contributed by atoms with Gasteiger partial charge in [0.25, 0.3) is 5.69 Å². The second-order valence-electron chi connectivity index (χ2n) is 4.03. The first-order valence-electron chi connectivity index (χ1n) is 5.96. The van der Waals surface area contributed by atoms with E-state index in [0.29, 0.717) is 6.54 Å². The lowest BCUT2D eigenvalue weighted by atomic mass is 10.2. The first-order valence-corrected chi connectivity index (χ1v) is 6.94. The van der Waals surface area contributed by atoms with Crippen molar-refractivity contribution in [2.75, 3.05) is 12.3 Å². The summed E-state index contributed by atoms with van der Waals surface area (Å²) >= 11 is 1.57. The summed E-state index contributed by atoms with van der Waals surface area (Å²) in [7, 11) is 1.80. The predicted molar refractivity (Wildman–Crippen MR) is 74.3 cm³/mol. The van der Waals surface area contributed by atoms with Crippen molar-refractivity contribution in [2.45, 2.75) is 11.7 Å². The summed E-state index contributed by atoms with van der Waals surface area (Å²) in [5, 5.41) is 25.7. The van der Waals surface area contributed by atoms with Gasteiger partial charge in [-0.2, -0.15) is 0 Å². The van der Waals surface area contributed by atoms with Crippen molar-refractivity contribution < 1.29 is 17.3 Å². The van der Waals surface area contributed by atoms with Crippen molar-refractivity contribution in [3.8, 4) is 0 Å². The molecular weight excluding hydrogens is 316 g/mol. The molecule has 0 aliphatic carbocycles. The zero-order valence-electron chi connectivity index (χ0n) is 11.3. The Morgan fingerprint density at radius 2 is 2.10 bits per heavy atom. The molecule has 21 heavy (non-hydrogen) atoms. The van der Waals surface area contributed by atoms with Crippen molar-refractivity contribution in [2.24, 2.45) is 7.05 Å². The lowest BCUT2D eigenvalue weighted by molar-refractivity contribution is -0.384. The predicted octanol–water partition coefficient (Wildman–Crippen LogP) is -2.00. The average molecular weight is 330 g/mol. The maximum absolute atomic E-state index is 10.5. The highest BCUT2D eigenvalue weighted by atomic mass is 35.5. The van der Waals surface area contributed by atoms with Gasteiger partial charge < -0.3 is 17.7 Å². The van der Waals surface area contributed by atoms with Crippen LogP contribution in [0.4, 0.5) is 5.69 Å². The van der Waals surface area contributed by atoms with Gasteiger partial charge in [0.05, 0.1) is 4.92 Å². The number of rotatable bonds is 7. The van der Waals surface area contributed by atoms with E-state index >= 15 is 0 Å². The molecule has 1 N–H and O–H groups in total. The summed E-state index contributed by atoms with van der Waals surface area (Å²) < 4.78 is 1.63. The van der Waals surface area contributed by atoms with E-state index in [9.17, 15) is 10.1 Å². The topological polar surface area (TPSA) is 98.8 Å². The van der Waals surface area contributed by atoms with Crippen LogP contribution in [0.3, 0.4) is 0 Å². The van der Waals surface area contributed by atoms with Crippen molar-refractivity contribution in [3.05, 3.63) is 39.9 Å². The second-order valence-corrected chi connectivity index (χ2v) is 5.10. The van der Waals surface area contributed by atoms with Crippen LogP contribution in [-0.2, 0) is 13.6 Å². The molecule has 2 aromatic rings. The Kier molecular flexibility index (Phi) is 7.06. The molecule has 0 aliphatic heterocycles. The summed E-state index contributed by atoms with van der Waals surface area (Å²) in [4.78, 5) is 10.1. The maximum atomic E-state index is 10.5. The number of aromatic nitrogens is 4. The molecule has 2 rings (SSSR count). The molecule has 0 aliphatic rings. The fraction of sp³-hybridized carbons (Fsp3) is 0.364. The normalized spacial score (nSPS) is 10.1. The van der Waals surface area contributed by atoms with Crippen LogP contribution in [0.5, 0.6) is 0 Å². The zero-order valence-corrected chi connectivity index (χ0v) is 12.8. The van der Waals surface area contributed by atoms with Gasteiger partial charge in [0.2, 0.25) is 5.16 Å². The van der Waals surface area contributed by atoms with Crippen molar-refractivity contribution in [1.29, 1.82) is 0 Å². The number of tetrazole rings is 1. The number of nitrogens with one attached hydrogen (secondary N) is 1. The molecule has 0 radical (unpaired) electrons. The molecule has 0 saturated heterocycles. The lowest BCUT2D eigenvalue weighted by Gasteiger charge is -2.04. The van der Waals surface area contributed by atoms with Gasteiger partial charge in [0.15, 0.2) is 0 Å². The number of non-ortho nitro benzene ring substituents is 1. The van der Waals surface area contributed by atoms with Crippen molar-refractivity contribution in [3.63, 3.8) is 0 Å². The van der Waals surface area contributed by atoms with E-state index in [0.717, 1.165) is 23.0 Å². The standard InChI is InChI=1S/C11H14N6O2S.ClH/c1-16-11(13-14-15-16)20-7-6-12-8-9-2-4-10(5-3-9)17(18)19;/h2-5,12H,6-8H2,1H3;1H/p-1. The third-order valence-corrected chi connectivity index (χ3v) is 3.58. The minimum atomic E-state index is -0.400. The molecule has 1 aromatic heterocycles. The third-order valence-electron chi connectivity index (χ3n) is 2.57. The molecule has 10 heteroatoms. The summed E-state index contributed by atoms with van der Waals surface area (Å²) in [5.41, 5.74) is 1.13. The number of hydrogen-bond acceptors (Lipinski definition) is 7. The highest BCUT2D eigenvalue weighted by molar-refractivity contribution is 7.99. The molecule has 0 bridgehead atoms. The molecular formula is C11H14ClN6O2S-. The van der Waals surface area contributed by atoms with E-state index in [2.05, 4.69) is 20.8 Å². The van der Waals surface area contributed by atoms with Crippen LogP contribution in [0, 0.1) is 10.1 Å². The summed E-state index contributed by atoms with van der Waals surface area (Å²) in [6.45, 7) is 1.48. The van der Waals surface area contributed by atoms with E-state index in [-0.39, 0.29) is 18.1 Å². The molecule has 0 atom stereocenters. The minimum Gasteiger partial charge on any atom is -1.00 e.